The molecule has 0 aromatic heterocycles. The first-order valence-electron chi connectivity index (χ1n) is 5.51. The number of ketones is 2. The largest absolute Gasteiger partial charge is 0.399 e. The Bertz CT molecular complexity index is 584. The van der Waals surface area contributed by atoms with Crippen LogP contribution < -0.4 is 5.73 Å². The maximum absolute atomic E-state index is 12.3. The molecule has 0 fully saturated rings. The van der Waals surface area contributed by atoms with E-state index in [0.717, 1.165) is 0 Å². The van der Waals surface area contributed by atoms with Gasteiger partial charge in [-0.3, -0.25) is 9.59 Å². The summed E-state index contributed by atoms with van der Waals surface area (Å²) in [6.45, 7) is 0. The van der Waals surface area contributed by atoms with Crippen LogP contribution in [0.2, 0.25) is 0 Å². The Hall–Kier alpha value is -2.16. The predicted octanol–water partition coefficient (Wildman–Crippen LogP) is 1.71. The summed E-state index contributed by atoms with van der Waals surface area (Å²) in [6, 6.07) is 6.96. The Kier molecular flexibility index (Phi) is 2.01. The molecule has 2 N–H and O–H groups in total. The highest BCUT2D eigenvalue weighted by molar-refractivity contribution is 6.17. The first kappa shape index (κ1) is 10.0. The standard InChI is InChI=1S/C14H11NO2/c15-8-5-6-11-12(7-8)14(17)10-4-2-1-3-9(10)13(11)16/h1-7,11-12H,15H2. The van der Waals surface area contributed by atoms with Gasteiger partial charge in [-0.1, -0.05) is 30.3 Å². The summed E-state index contributed by atoms with van der Waals surface area (Å²) >= 11 is 0. The van der Waals surface area contributed by atoms with E-state index in [1.54, 1.807) is 42.5 Å². The van der Waals surface area contributed by atoms with Gasteiger partial charge in [0.1, 0.15) is 0 Å². The molecular weight excluding hydrogens is 214 g/mol. The fourth-order valence-electron chi connectivity index (χ4n) is 2.46. The molecule has 0 saturated carbocycles. The van der Waals surface area contributed by atoms with Gasteiger partial charge in [0.15, 0.2) is 11.6 Å². The average molecular weight is 225 g/mol. The van der Waals surface area contributed by atoms with Crippen molar-refractivity contribution in [2.45, 2.75) is 0 Å². The van der Waals surface area contributed by atoms with Gasteiger partial charge in [0.05, 0.1) is 11.8 Å². The minimum absolute atomic E-state index is 0.00481. The molecule has 0 spiro atoms. The van der Waals surface area contributed by atoms with Gasteiger partial charge >= 0.3 is 0 Å². The van der Waals surface area contributed by atoms with E-state index < -0.39 is 5.92 Å². The molecule has 1 aromatic rings. The Morgan fingerprint density at radius 3 is 2.18 bits per heavy atom. The van der Waals surface area contributed by atoms with E-state index in [-0.39, 0.29) is 17.5 Å². The molecule has 1 aromatic carbocycles. The molecule has 0 radical (unpaired) electrons. The van der Waals surface area contributed by atoms with Crippen LogP contribution in [0.1, 0.15) is 20.7 Å². The van der Waals surface area contributed by atoms with Gasteiger partial charge in [-0.05, 0) is 12.2 Å². The Morgan fingerprint density at radius 1 is 0.941 bits per heavy atom. The topological polar surface area (TPSA) is 60.2 Å². The third-order valence-corrected chi connectivity index (χ3v) is 3.32. The third-order valence-electron chi connectivity index (χ3n) is 3.32. The van der Waals surface area contributed by atoms with Crippen LogP contribution in [0.5, 0.6) is 0 Å². The van der Waals surface area contributed by atoms with Crippen LogP contribution >= 0.6 is 0 Å². The normalized spacial score (nSPS) is 26.2. The molecular formula is C14H11NO2. The van der Waals surface area contributed by atoms with Crippen LogP contribution in [0.3, 0.4) is 0 Å². The van der Waals surface area contributed by atoms with Gasteiger partial charge in [0.2, 0.25) is 0 Å². The van der Waals surface area contributed by atoms with Crippen LogP contribution in [-0.4, -0.2) is 11.6 Å². The lowest BCUT2D eigenvalue weighted by Gasteiger charge is -2.28. The number of carbonyl (C=O) groups is 2. The highest BCUT2D eigenvalue weighted by atomic mass is 16.1. The van der Waals surface area contributed by atoms with E-state index in [1.807, 2.05) is 0 Å². The van der Waals surface area contributed by atoms with Crippen LogP contribution in [-0.2, 0) is 0 Å². The van der Waals surface area contributed by atoms with Crippen molar-refractivity contribution in [1.29, 1.82) is 0 Å². The molecule has 3 heteroatoms. The van der Waals surface area contributed by atoms with Gasteiger partial charge < -0.3 is 5.73 Å². The first-order valence-corrected chi connectivity index (χ1v) is 5.51. The molecule has 0 saturated heterocycles. The number of hydrogen-bond donors (Lipinski definition) is 1. The lowest BCUT2D eigenvalue weighted by Crippen LogP contribution is -2.36. The average Bonchev–Trinajstić information content (AvgIpc) is 2.36. The van der Waals surface area contributed by atoms with Crippen molar-refractivity contribution < 1.29 is 9.59 Å². The second-order valence-corrected chi connectivity index (χ2v) is 4.35. The lowest BCUT2D eigenvalue weighted by molar-refractivity contribution is 0.0801. The Labute approximate surface area is 98.6 Å². The molecule has 2 aliphatic rings. The van der Waals surface area contributed by atoms with Crippen molar-refractivity contribution in [1.82, 2.24) is 0 Å². The summed E-state index contributed by atoms with van der Waals surface area (Å²) in [5.41, 5.74) is 7.27. The third kappa shape index (κ3) is 1.35. The van der Waals surface area contributed by atoms with E-state index in [4.69, 9.17) is 5.73 Å². The highest BCUT2D eigenvalue weighted by Crippen LogP contribution is 2.34. The van der Waals surface area contributed by atoms with Crippen molar-refractivity contribution in [3.8, 4) is 0 Å². The molecule has 0 aliphatic heterocycles. The quantitative estimate of drug-likeness (QED) is 0.731. The number of rotatable bonds is 0. The number of fused-ring (bicyclic) bond motifs is 2. The van der Waals surface area contributed by atoms with Crippen molar-refractivity contribution >= 4 is 11.6 Å². The van der Waals surface area contributed by atoms with Gasteiger partial charge in [-0.25, -0.2) is 0 Å². The van der Waals surface area contributed by atoms with Crippen molar-refractivity contribution in [2.24, 2.45) is 17.6 Å². The minimum atomic E-state index is -0.428. The van der Waals surface area contributed by atoms with Crippen LogP contribution in [0.15, 0.2) is 48.2 Å². The number of hydrogen-bond acceptors (Lipinski definition) is 3. The lowest BCUT2D eigenvalue weighted by atomic mass is 9.72. The zero-order chi connectivity index (χ0) is 12.0. The van der Waals surface area contributed by atoms with E-state index in [9.17, 15) is 9.59 Å². The Morgan fingerprint density at radius 2 is 1.53 bits per heavy atom. The van der Waals surface area contributed by atoms with Crippen molar-refractivity contribution in [3.05, 3.63) is 59.3 Å². The number of benzene rings is 1. The van der Waals surface area contributed by atoms with Crippen LogP contribution in [0, 0.1) is 11.8 Å². The highest BCUT2D eigenvalue weighted by Gasteiger charge is 2.39. The van der Waals surface area contributed by atoms with E-state index in [0.29, 0.717) is 16.8 Å². The maximum atomic E-state index is 12.3. The molecule has 0 heterocycles. The molecule has 0 bridgehead atoms. The fourth-order valence-corrected chi connectivity index (χ4v) is 2.46. The minimum Gasteiger partial charge on any atom is -0.399 e. The Balaban J connectivity index is 2.19. The number of carbonyl (C=O) groups excluding carboxylic acids is 2. The molecule has 17 heavy (non-hydrogen) atoms. The molecule has 84 valence electrons. The summed E-state index contributed by atoms with van der Waals surface area (Å²) in [7, 11) is 0. The summed E-state index contributed by atoms with van der Waals surface area (Å²) in [4.78, 5) is 24.5. The SMILES string of the molecule is NC1=CC2C(=O)c3ccccc3C(=O)C2C=C1. The summed E-state index contributed by atoms with van der Waals surface area (Å²) in [6.07, 6.45) is 5.11. The second kappa shape index (κ2) is 3.42. The van der Waals surface area contributed by atoms with E-state index in [2.05, 4.69) is 0 Å². The smallest absolute Gasteiger partial charge is 0.171 e. The zero-order valence-corrected chi connectivity index (χ0v) is 9.09. The zero-order valence-electron chi connectivity index (χ0n) is 9.09. The van der Waals surface area contributed by atoms with E-state index in [1.165, 1.54) is 0 Å². The van der Waals surface area contributed by atoms with E-state index >= 15 is 0 Å². The molecule has 3 rings (SSSR count). The van der Waals surface area contributed by atoms with Gasteiger partial charge in [-0.2, -0.15) is 0 Å². The second-order valence-electron chi connectivity index (χ2n) is 4.35. The summed E-state index contributed by atoms with van der Waals surface area (Å²) < 4.78 is 0. The van der Waals surface area contributed by atoms with Gasteiger partial charge in [-0.15, -0.1) is 0 Å². The molecule has 3 nitrogen and oxygen atoms in total. The predicted molar refractivity (Wildman–Crippen MR) is 63.5 cm³/mol. The first-order chi connectivity index (χ1) is 8.18. The number of Topliss-reactive ketones (excluding diaryl/α,β-unsaturated/α-hetero) is 2. The molecule has 2 atom stereocenters. The summed E-state index contributed by atoms with van der Waals surface area (Å²) in [5.74, 6) is -0.824. The van der Waals surface area contributed by atoms with Crippen molar-refractivity contribution in [2.75, 3.05) is 0 Å². The molecule has 2 unspecified atom stereocenters. The van der Waals surface area contributed by atoms with Gasteiger partial charge in [0.25, 0.3) is 0 Å². The van der Waals surface area contributed by atoms with Crippen LogP contribution in [0.25, 0.3) is 0 Å². The maximum Gasteiger partial charge on any atom is 0.171 e. The number of allylic oxidation sites excluding steroid dienone is 3. The molecule has 2 aliphatic carbocycles. The van der Waals surface area contributed by atoms with Gasteiger partial charge in [0, 0.05) is 16.8 Å². The number of nitrogens with two attached hydrogens (primary N) is 1. The molecule has 0 amide bonds. The summed E-state index contributed by atoms with van der Waals surface area (Å²) in [5, 5.41) is 0. The van der Waals surface area contributed by atoms with Crippen LogP contribution in [0.4, 0.5) is 0 Å². The van der Waals surface area contributed by atoms with Crippen molar-refractivity contribution in [3.63, 3.8) is 0 Å². The monoisotopic (exact) mass is 225 g/mol. The fraction of sp³-hybridized carbons (Fsp3) is 0.143.